The fourth-order valence-corrected chi connectivity index (χ4v) is 3.00. The van der Waals surface area contributed by atoms with E-state index in [2.05, 4.69) is 16.9 Å². The third kappa shape index (κ3) is 2.83. The number of hydrogen-bond acceptors (Lipinski definition) is 4. The van der Waals surface area contributed by atoms with Crippen LogP contribution >= 0.6 is 0 Å². The largest absolute Gasteiger partial charge is 0.397 e. The summed E-state index contributed by atoms with van der Waals surface area (Å²) in [6, 6.07) is 0. The molecule has 104 valence electrons. The van der Waals surface area contributed by atoms with Crippen LogP contribution in [-0.4, -0.2) is 12.0 Å². The Morgan fingerprint density at radius 2 is 1.89 bits per heavy atom. The van der Waals surface area contributed by atoms with Crippen LogP contribution in [0.5, 0.6) is 0 Å². The van der Waals surface area contributed by atoms with Crippen molar-refractivity contribution in [2.75, 3.05) is 18.5 Å². The summed E-state index contributed by atoms with van der Waals surface area (Å²) in [5.41, 5.74) is 15.8. The van der Waals surface area contributed by atoms with Gasteiger partial charge in [0.2, 0.25) is 0 Å². The van der Waals surface area contributed by atoms with Crippen molar-refractivity contribution in [1.82, 2.24) is 10.3 Å². The lowest BCUT2D eigenvalue weighted by molar-refractivity contribution is 0.591. The monoisotopic (exact) mass is 260 g/mol. The lowest BCUT2D eigenvalue weighted by Crippen LogP contribution is -2.14. The zero-order valence-electron chi connectivity index (χ0n) is 11.7. The standard InChI is InChI=1S/C15H24N4/c1-10(18-2)13-12(16)9-19-15(17)14(13)11-7-5-3-4-6-8-11/h9,11,18H,1,3-8,16H2,2H3,(H2,17,19). The van der Waals surface area contributed by atoms with Crippen LogP contribution in [0.15, 0.2) is 12.8 Å². The van der Waals surface area contributed by atoms with E-state index >= 15 is 0 Å². The Morgan fingerprint density at radius 1 is 1.26 bits per heavy atom. The topological polar surface area (TPSA) is 77.0 Å². The maximum Gasteiger partial charge on any atom is 0.127 e. The number of nitrogens with two attached hydrogens (primary N) is 2. The molecule has 0 aromatic carbocycles. The molecule has 1 heterocycles. The van der Waals surface area contributed by atoms with E-state index in [4.69, 9.17) is 11.5 Å². The molecule has 1 saturated carbocycles. The first kappa shape index (κ1) is 13.7. The van der Waals surface area contributed by atoms with Crippen LogP contribution in [0.3, 0.4) is 0 Å². The molecular formula is C15H24N4. The highest BCUT2D eigenvalue weighted by molar-refractivity contribution is 5.78. The summed E-state index contributed by atoms with van der Waals surface area (Å²) in [4.78, 5) is 4.25. The van der Waals surface area contributed by atoms with Crippen molar-refractivity contribution >= 4 is 17.2 Å². The Kier molecular flexibility index (Phi) is 4.30. The number of rotatable bonds is 3. The van der Waals surface area contributed by atoms with Crippen LogP contribution in [0, 0.1) is 0 Å². The SMILES string of the molecule is C=C(NC)c1c(N)cnc(N)c1C1CCCCCC1. The zero-order valence-corrected chi connectivity index (χ0v) is 11.7. The molecule has 4 nitrogen and oxygen atoms in total. The molecule has 0 saturated heterocycles. The number of nitrogen functional groups attached to an aromatic ring is 2. The maximum atomic E-state index is 6.13. The van der Waals surface area contributed by atoms with Gasteiger partial charge in [0.25, 0.3) is 0 Å². The van der Waals surface area contributed by atoms with Gasteiger partial charge >= 0.3 is 0 Å². The molecule has 0 atom stereocenters. The van der Waals surface area contributed by atoms with Crippen molar-refractivity contribution in [3.63, 3.8) is 0 Å². The smallest absolute Gasteiger partial charge is 0.127 e. The van der Waals surface area contributed by atoms with E-state index in [-0.39, 0.29) is 0 Å². The van der Waals surface area contributed by atoms with Gasteiger partial charge < -0.3 is 16.8 Å². The normalized spacial score (nSPS) is 16.9. The van der Waals surface area contributed by atoms with Gasteiger partial charge in [-0.3, -0.25) is 0 Å². The molecule has 2 rings (SSSR count). The lowest BCUT2D eigenvalue weighted by atomic mass is 9.87. The van der Waals surface area contributed by atoms with Gasteiger partial charge in [0.05, 0.1) is 11.9 Å². The molecule has 0 spiro atoms. The Balaban J connectivity index is 2.47. The van der Waals surface area contributed by atoms with Crippen LogP contribution in [0.1, 0.15) is 55.6 Å². The molecule has 1 aliphatic carbocycles. The molecule has 0 bridgehead atoms. The Morgan fingerprint density at radius 3 is 2.47 bits per heavy atom. The second-order valence-electron chi connectivity index (χ2n) is 5.30. The summed E-state index contributed by atoms with van der Waals surface area (Å²) in [7, 11) is 1.86. The van der Waals surface area contributed by atoms with Gasteiger partial charge in [0, 0.05) is 23.9 Å². The average molecular weight is 260 g/mol. The molecule has 0 unspecified atom stereocenters. The average Bonchev–Trinajstić information content (AvgIpc) is 2.69. The minimum atomic E-state index is 0.457. The van der Waals surface area contributed by atoms with E-state index in [9.17, 15) is 0 Å². The fourth-order valence-electron chi connectivity index (χ4n) is 3.00. The summed E-state index contributed by atoms with van der Waals surface area (Å²) in [5.74, 6) is 1.06. The van der Waals surface area contributed by atoms with Crippen molar-refractivity contribution in [2.24, 2.45) is 0 Å². The number of anilines is 2. The van der Waals surface area contributed by atoms with Crippen molar-refractivity contribution in [2.45, 2.75) is 44.4 Å². The first-order chi connectivity index (χ1) is 9.15. The second-order valence-corrected chi connectivity index (χ2v) is 5.30. The number of pyridine rings is 1. The Bertz CT molecular complexity index is 459. The summed E-state index contributed by atoms with van der Waals surface area (Å²) < 4.78 is 0. The molecule has 19 heavy (non-hydrogen) atoms. The quantitative estimate of drug-likeness (QED) is 0.730. The molecule has 0 aliphatic heterocycles. The van der Waals surface area contributed by atoms with Crippen LogP contribution in [0.4, 0.5) is 11.5 Å². The van der Waals surface area contributed by atoms with Crippen molar-refractivity contribution in [3.05, 3.63) is 23.9 Å². The third-order valence-corrected chi connectivity index (χ3v) is 4.04. The van der Waals surface area contributed by atoms with E-state index in [0.717, 1.165) is 16.8 Å². The number of aromatic nitrogens is 1. The van der Waals surface area contributed by atoms with E-state index in [1.54, 1.807) is 6.20 Å². The zero-order chi connectivity index (χ0) is 13.8. The summed E-state index contributed by atoms with van der Waals surface area (Å²) in [6.07, 6.45) is 9.10. The highest BCUT2D eigenvalue weighted by Gasteiger charge is 2.23. The molecular weight excluding hydrogens is 236 g/mol. The van der Waals surface area contributed by atoms with Crippen molar-refractivity contribution < 1.29 is 0 Å². The lowest BCUT2D eigenvalue weighted by Gasteiger charge is -2.22. The number of nitrogens with zero attached hydrogens (tertiary/aromatic N) is 1. The Hall–Kier alpha value is -1.71. The molecule has 0 radical (unpaired) electrons. The van der Waals surface area contributed by atoms with E-state index in [1.807, 2.05) is 7.05 Å². The molecule has 1 aromatic rings. The maximum absolute atomic E-state index is 6.13. The van der Waals surface area contributed by atoms with Gasteiger partial charge in [0.1, 0.15) is 5.82 Å². The predicted molar refractivity (Wildman–Crippen MR) is 81.6 cm³/mol. The van der Waals surface area contributed by atoms with E-state index < -0.39 is 0 Å². The van der Waals surface area contributed by atoms with Crippen molar-refractivity contribution in [1.29, 1.82) is 0 Å². The summed E-state index contributed by atoms with van der Waals surface area (Å²) >= 11 is 0. The molecule has 5 N–H and O–H groups in total. The highest BCUT2D eigenvalue weighted by Crippen LogP contribution is 2.39. The molecule has 1 fully saturated rings. The van der Waals surface area contributed by atoms with Crippen molar-refractivity contribution in [3.8, 4) is 0 Å². The number of hydrogen-bond donors (Lipinski definition) is 3. The number of nitrogens with one attached hydrogen (secondary N) is 1. The second kappa shape index (κ2) is 5.95. The van der Waals surface area contributed by atoms with Gasteiger partial charge in [-0.25, -0.2) is 4.98 Å². The van der Waals surface area contributed by atoms with Crippen LogP contribution in [-0.2, 0) is 0 Å². The van der Waals surface area contributed by atoms with Gasteiger partial charge in [0.15, 0.2) is 0 Å². The molecule has 1 aliphatic rings. The van der Waals surface area contributed by atoms with Gasteiger partial charge in [-0.15, -0.1) is 0 Å². The minimum absolute atomic E-state index is 0.457. The highest BCUT2D eigenvalue weighted by atomic mass is 14.9. The first-order valence-corrected chi connectivity index (χ1v) is 7.06. The Labute approximate surface area is 115 Å². The summed E-state index contributed by atoms with van der Waals surface area (Å²) in [5, 5.41) is 3.09. The molecule has 0 amide bonds. The fraction of sp³-hybridized carbons (Fsp3) is 0.533. The predicted octanol–water partition coefficient (Wildman–Crippen LogP) is 2.87. The van der Waals surface area contributed by atoms with Crippen LogP contribution in [0.2, 0.25) is 0 Å². The molecule has 1 aromatic heterocycles. The first-order valence-electron chi connectivity index (χ1n) is 7.06. The van der Waals surface area contributed by atoms with Gasteiger partial charge in [-0.1, -0.05) is 32.3 Å². The molecule has 4 heteroatoms. The van der Waals surface area contributed by atoms with Gasteiger partial charge in [-0.05, 0) is 18.8 Å². The third-order valence-electron chi connectivity index (χ3n) is 4.04. The van der Waals surface area contributed by atoms with Crippen LogP contribution in [0.25, 0.3) is 5.70 Å². The van der Waals surface area contributed by atoms with E-state index in [0.29, 0.717) is 17.4 Å². The van der Waals surface area contributed by atoms with Gasteiger partial charge in [-0.2, -0.15) is 0 Å². The minimum Gasteiger partial charge on any atom is -0.397 e. The van der Waals surface area contributed by atoms with Crippen LogP contribution < -0.4 is 16.8 Å². The van der Waals surface area contributed by atoms with E-state index in [1.165, 1.54) is 38.5 Å². The summed E-state index contributed by atoms with van der Waals surface area (Å²) in [6.45, 7) is 4.05.